The van der Waals surface area contributed by atoms with Gasteiger partial charge in [-0.2, -0.15) is 0 Å². The van der Waals surface area contributed by atoms with Crippen LogP contribution in [0.3, 0.4) is 0 Å². The lowest BCUT2D eigenvalue weighted by Gasteiger charge is -2.30. The smallest absolute Gasteiger partial charge is 0.334 e. The third-order valence-electron chi connectivity index (χ3n) is 6.78. The summed E-state index contributed by atoms with van der Waals surface area (Å²) < 4.78 is 5.38. The summed E-state index contributed by atoms with van der Waals surface area (Å²) in [5, 5.41) is 1.39. The Kier molecular flexibility index (Phi) is 11.5. The second-order valence-electron chi connectivity index (χ2n) is 9.71. The molecule has 1 aromatic carbocycles. The van der Waals surface area contributed by atoms with Crippen molar-refractivity contribution in [1.82, 2.24) is 15.1 Å². The molecule has 5 amide bonds. The largest absolute Gasteiger partial charge is 0.422 e. The molecular formula is C24H27Cl5N6O7. The molecule has 4 atom stereocenters. The quantitative estimate of drug-likeness (QED) is 0.122. The summed E-state index contributed by atoms with van der Waals surface area (Å²) >= 11 is 30.4. The highest BCUT2D eigenvalue weighted by Gasteiger charge is 2.42. The number of hydrogen-bond acceptors (Lipinski definition) is 8. The van der Waals surface area contributed by atoms with E-state index >= 15 is 0 Å². The van der Waals surface area contributed by atoms with Gasteiger partial charge < -0.3 is 37.1 Å². The first-order valence-electron chi connectivity index (χ1n) is 12.6. The minimum absolute atomic E-state index is 0.0866. The van der Waals surface area contributed by atoms with E-state index in [-0.39, 0.29) is 56.8 Å². The van der Waals surface area contributed by atoms with Crippen molar-refractivity contribution >= 4 is 93.5 Å². The molecule has 7 N–H and O–H groups in total. The van der Waals surface area contributed by atoms with E-state index in [0.717, 1.165) is 4.90 Å². The molecule has 18 heteroatoms. The van der Waals surface area contributed by atoms with Gasteiger partial charge in [-0.25, -0.2) is 4.79 Å². The van der Waals surface area contributed by atoms with Gasteiger partial charge in [-0.05, 0) is 25.7 Å². The monoisotopic (exact) mass is 686 g/mol. The van der Waals surface area contributed by atoms with Gasteiger partial charge in [0.25, 0.3) is 0 Å². The van der Waals surface area contributed by atoms with E-state index in [9.17, 15) is 28.8 Å². The fourth-order valence-corrected chi connectivity index (χ4v) is 6.01. The second kappa shape index (κ2) is 14.3. The lowest BCUT2D eigenvalue weighted by Crippen LogP contribution is -2.57. The normalized spacial score (nSPS) is 19.8. The van der Waals surface area contributed by atoms with Crippen molar-refractivity contribution in [2.45, 2.75) is 62.7 Å². The fraction of sp³-hybridized carbons (Fsp3) is 0.500. The Morgan fingerprint density at radius 3 is 1.76 bits per heavy atom. The molecule has 3 rings (SSSR count). The Morgan fingerprint density at radius 2 is 1.24 bits per heavy atom. The van der Waals surface area contributed by atoms with Crippen molar-refractivity contribution < 1.29 is 33.5 Å². The average Bonchev–Trinajstić information content (AvgIpc) is 3.61. The predicted molar refractivity (Wildman–Crippen MR) is 154 cm³/mol. The summed E-state index contributed by atoms with van der Waals surface area (Å²) in [6.45, 7) is 0.269. The van der Waals surface area contributed by atoms with Crippen molar-refractivity contribution in [1.29, 1.82) is 0 Å². The van der Waals surface area contributed by atoms with Crippen LogP contribution in [0.15, 0.2) is 0 Å². The van der Waals surface area contributed by atoms with Crippen LogP contribution < -0.4 is 27.3 Å². The Hall–Kier alpha value is -2.55. The fourth-order valence-electron chi connectivity index (χ4n) is 4.81. The highest BCUT2D eigenvalue weighted by molar-refractivity contribution is 6.55. The first-order valence-corrected chi connectivity index (χ1v) is 14.5. The number of carbonyl (C=O) groups is 6. The van der Waals surface area contributed by atoms with Crippen LogP contribution in [-0.2, 0) is 28.8 Å². The van der Waals surface area contributed by atoms with E-state index in [4.69, 9.17) is 79.9 Å². The van der Waals surface area contributed by atoms with Gasteiger partial charge >= 0.3 is 5.97 Å². The van der Waals surface area contributed by atoms with Crippen LogP contribution in [0.5, 0.6) is 5.75 Å². The van der Waals surface area contributed by atoms with Gasteiger partial charge in [0.05, 0.1) is 34.0 Å². The predicted octanol–water partition coefficient (Wildman–Crippen LogP) is 1.40. The average molecular weight is 689 g/mol. The van der Waals surface area contributed by atoms with Crippen LogP contribution >= 0.6 is 58.0 Å². The third-order valence-corrected chi connectivity index (χ3v) is 9.02. The zero-order valence-corrected chi connectivity index (χ0v) is 25.6. The molecule has 0 unspecified atom stereocenters. The highest BCUT2D eigenvalue weighted by atomic mass is 35.5. The lowest BCUT2D eigenvalue weighted by atomic mass is 10.1. The topological polar surface area (TPSA) is 208 Å². The zero-order valence-electron chi connectivity index (χ0n) is 21.8. The molecule has 2 heterocycles. The van der Waals surface area contributed by atoms with Crippen molar-refractivity contribution in [2.24, 2.45) is 17.2 Å². The maximum Gasteiger partial charge on any atom is 0.334 e. The Bertz CT molecular complexity index is 1290. The van der Waals surface area contributed by atoms with E-state index in [1.54, 1.807) is 0 Å². The van der Waals surface area contributed by atoms with E-state index in [2.05, 4.69) is 5.32 Å². The molecule has 0 bridgehead atoms. The maximum absolute atomic E-state index is 13.6. The molecule has 2 saturated heterocycles. The third kappa shape index (κ3) is 7.50. The van der Waals surface area contributed by atoms with E-state index < -0.39 is 72.5 Å². The van der Waals surface area contributed by atoms with Crippen LogP contribution in [0.2, 0.25) is 25.1 Å². The summed E-state index contributed by atoms with van der Waals surface area (Å²) in [5.41, 5.74) is 16.2. The number of esters is 1. The first kappa shape index (κ1) is 33.9. The summed E-state index contributed by atoms with van der Waals surface area (Å²) in [5.74, 6) is -5.16. The van der Waals surface area contributed by atoms with E-state index in [1.807, 2.05) is 0 Å². The maximum atomic E-state index is 13.6. The molecule has 0 spiro atoms. The molecule has 2 fully saturated rings. The van der Waals surface area contributed by atoms with Crippen LogP contribution in [-0.4, -0.2) is 82.6 Å². The van der Waals surface area contributed by atoms with Crippen LogP contribution in [0.4, 0.5) is 0 Å². The number of carbonyl (C=O) groups excluding carboxylic acids is 6. The van der Waals surface area contributed by atoms with Gasteiger partial charge in [-0.15, -0.1) is 0 Å². The highest BCUT2D eigenvalue weighted by Crippen LogP contribution is 2.48. The molecular weight excluding hydrogens is 662 g/mol. The number of halogens is 5. The van der Waals surface area contributed by atoms with Gasteiger partial charge in [0.1, 0.15) is 28.2 Å². The summed E-state index contributed by atoms with van der Waals surface area (Å²) in [7, 11) is 0. The Balaban J connectivity index is 1.78. The number of primary amides is 2. The standard InChI is InChI=1S/C24H27Cl5N6O7/c25-15-16(26)18(28)20(19(29)17(15)27)42-24(41)12-4-2-6-35(12)23(40)10(8-14(32)37)33-21(38)11-3-1-5-34(11)22(39)9(30)7-13(31)36/h9-12H,1-8,30H2,(H2,31,36)(H2,32,37)(H,33,38)/t9-,10-,11-,12-/m0/s1. The summed E-state index contributed by atoms with van der Waals surface area (Å²) in [6.07, 6.45) is 0.244. The SMILES string of the molecule is NC(=O)C[C@H](NC(=O)[C@@H]1CCCN1C(=O)[C@@H](N)CC(N)=O)C(=O)N1CCC[C@H]1C(=O)Oc1c(Cl)c(Cl)c(Cl)c(Cl)c1Cl. The molecule has 0 aliphatic carbocycles. The summed E-state index contributed by atoms with van der Waals surface area (Å²) in [6, 6.07) is -4.89. The number of hydrogen-bond donors (Lipinski definition) is 4. The number of benzene rings is 1. The molecule has 42 heavy (non-hydrogen) atoms. The van der Waals surface area contributed by atoms with Crippen molar-refractivity contribution in [3.05, 3.63) is 25.1 Å². The van der Waals surface area contributed by atoms with Gasteiger partial charge in [0.2, 0.25) is 29.5 Å². The number of nitrogens with zero attached hydrogens (tertiary/aromatic N) is 2. The number of amides is 5. The molecule has 1 aromatic rings. The lowest BCUT2D eigenvalue weighted by molar-refractivity contribution is -0.148. The van der Waals surface area contributed by atoms with Gasteiger partial charge in [0.15, 0.2) is 5.75 Å². The van der Waals surface area contributed by atoms with E-state index in [0.29, 0.717) is 12.8 Å². The van der Waals surface area contributed by atoms with Crippen molar-refractivity contribution in [3.63, 3.8) is 0 Å². The first-order chi connectivity index (χ1) is 19.6. The van der Waals surface area contributed by atoms with Crippen molar-refractivity contribution in [3.8, 4) is 5.75 Å². The second-order valence-corrected chi connectivity index (χ2v) is 11.6. The minimum atomic E-state index is -1.47. The number of ether oxygens (including phenoxy) is 1. The van der Waals surface area contributed by atoms with Crippen molar-refractivity contribution in [2.75, 3.05) is 13.1 Å². The molecule has 0 radical (unpaired) electrons. The van der Waals surface area contributed by atoms with Gasteiger partial charge in [0, 0.05) is 13.1 Å². The molecule has 2 aliphatic heterocycles. The molecule has 13 nitrogen and oxygen atoms in total. The number of nitrogens with one attached hydrogen (secondary N) is 1. The number of rotatable bonds is 10. The minimum Gasteiger partial charge on any atom is -0.422 e. The number of likely N-dealkylation sites (tertiary alicyclic amines) is 2. The molecule has 0 saturated carbocycles. The van der Waals surface area contributed by atoms with Crippen LogP contribution in [0.25, 0.3) is 0 Å². The molecule has 2 aliphatic rings. The van der Waals surface area contributed by atoms with Crippen LogP contribution in [0, 0.1) is 0 Å². The number of nitrogens with two attached hydrogens (primary N) is 3. The Morgan fingerprint density at radius 1 is 0.762 bits per heavy atom. The Labute approximate surface area is 265 Å². The summed E-state index contributed by atoms with van der Waals surface area (Å²) in [4.78, 5) is 78.0. The van der Waals surface area contributed by atoms with Gasteiger partial charge in [-0.1, -0.05) is 58.0 Å². The van der Waals surface area contributed by atoms with E-state index in [1.165, 1.54) is 4.90 Å². The van der Waals surface area contributed by atoms with Gasteiger partial charge in [-0.3, -0.25) is 24.0 Å². The molecule has 0 aromatic heterocycles. The zero-order chi connectivity index (χ0) is 31.5. The molecule has 230 valence electrons. The van der Waals surface area contributed by atoms with Crippen LogP contribution in [0.1, 0.15) is 38.5 Å².